The van der Waals surface area contributed by atoms with Crippen molar-refractivity contribution < 1.29 is 13.2 Å². The standard InChI is InChI=1S/C21H26N2O3S/c1-17-7-6-14-23(16-17)27(25,26)20-11-5-10-19(15-20)21(24)22-13-12-18-8-3-2-4-9-18/h2-5,8-11,15,17H,6-7,12-14,16H2,1H3,(H,22,24). The first-order chi connectivity index (χ1) is 13.0. The minimum atomic E-state index is -3.56. The van der Waals surface area contributed by atoms with Crippen LogP contribution in [0.1, 0.15) is 35.7 Å². The van der Waals surface area contributed by atoms with E-state index in [9.17, 15) is 13.2 Å². The van der Waals surface area contributed by atoms with Crippen LogP contribution in [-0.2, 0) is 16.4 Å². The van der Waals surface area contributed by atoms with Gasteiger partial charge in [0.05, 0.1) is 4.90 Å². The van der Waals surface area contributed by atoms with E-state index in [1.807, 2.05) is 30.3 Å². The van der Waals surface area contributed by atoms with Gasteiger partial charge in [-0.1, -0.05) is 43.3 Å². The van der Waals surface area contributed by atoms with Crippen LogP contribution in [0.25, 0.3) is 0 Å². The van der Waals surface area contributed by atoms with Gasteiger partial charge < -0.3 is 5.32 Å². The van der Waals surface area contributed by atoms with Crippen molar-refractivity contribution in [3.63, 3.8) is 0 Å². The molecule has 1 amide bonds. The summed E-state index contributed by atoms with van der Waals surface area (Å²) in [6.07, 6.45) is 2.66. The third kappa shape index (κ3) is 4.96. The van der Waals surface area contributed by atoms with Crippen LogP contribution in [-0.4, -0.2) is 38.3 Å². The molecule has 6 heteroatoms. The second-order valence-corrected chi connectivity index (χ2v) is 9.07. The molecule has 0 saturated carbocycles. The Balaban J connectivity index is 1.66. The number of nitrogens with zero attached hydrogens (tertiary/aromatic N) is 1. The molecule has 1 N–H and O–H groups in total. The summed E-state index contributed by atoms with van der Waals surface area (Å²) in [6, 6.07) is 16.2. The van der Waals surface area contributed by atoms with Gasteiger partial charge >= 0.3 is 0 Å². The third-order valence-electron chi connectivity index (χ3n) is 4.90. The lowest BCUT2D eigenvalue weighted by Crippen LogP contribution is -2.39. The number of carbonyl (C=O) groups is 1. The van der Waals surface area contributed by atoms with E-state index in [4.69, 9.17) is 0 Å². The van der Waals surface area contributed by atoms with Crippen molar-refractivity contribution in [3.8, 4) is 0 Å². The maximum absolute atomic E-state index is 12.9. The van der Waals surface area contributed by atoms with E-state index in [-0.39, 0.29) is 10.8 Å². The van der Waals surface area contributed by atoms with E-state index >= 15 is 0 Å². The monoisotopic (exact) mass is 386 g/mol. The molecule has 1 saturated heterocycles. The highest BCUT2D eigenvalue weighted by Crippen LogP contribution is 2.24. The van der Waals surface area contributed by atoms with Gasteiger partial charge in [0.15, 0.2) is 0 Å². The summed E-state index contributed by atoms with van der Waals surface area (Å²) in [4.78, 5) is 12.6. The minimum absolute atomic E-state index is 0.187. The van der Waals surface area contributed by atoms with E-state index < -0.39 is 10.0 Å². The lowest BCUT2D eigenvalue weighted by molar-refractivity contribution is 0.0954. The number of piperidine rings is 1. The molecule has 0 bridgehead atoms. The predicted octanol–water partition coefficient (Wildman–Crippen LogP) is 3.08. The Labute approximate surface area is 161 Å². The highest BCUT2D eigenvalue weighted by Gasteiger charge is 2.29. The van der Waals surface area contributed by atoms with Crippen LogP contribution in [0.3, 0.4) is 0 Å². The number of sulfonamides is 1. The van der Waals surface area contributed by atoms with Gasteiger partial charge in [-0.3, -0.25) is 4.79 Å². The predicted molar refractivity (Wildman–Crippen MR) is 106 cm³/mol. The average molecular weight is 387 g/mol. The molecule has 1 aliphatic heterocycles. The van der Waals surface area contributed by atoms with E-state index in [2.05, 4.69) is 12.2 Å². The van der Waals surface area contributed by atoms with Crippen molar-refractivity contribution in [1.29, 1.82) is 0 Å². The minimum Gasteiger partial charge on any atom is -0.352 e. The van der Waals surface area contributed by atoms with Gasteiger partial charge in [0.2, 0.25) is 10.0 Å². The fourth-order valence-electron chi connectivity index (χ4n) is 3.38. The number of carbonyl (C=O) groups excluding carboxylic acids is 1. The highest BCUT2D eigenvalue weighted by atomic mass is 32.2. The van der Waals surface area contributed by atoms with E-state index in [0.717, 1.165) is 24.8 Å². The molecule has 1 aliphatic rings. The molecular formula is C21H26N2O3S. The highest BCUT2D eigenvalue weighted by molar-refractivity contribution is 7.89. The molecule has 0 radical (unpaired) electrons. The summed E-state index contributed by atoms with van der Waals surface area (Å²) in [5.41, 5.74) is 1.52. The number of hydrogen-bond donors (Lipinski definition) is 1. The van der Waals surface area contributed by atoms with Crippen LogP contribution < -0.4 is 5.32 Å². The van der Waals surface area contributed by atoms with Crippen LogP contribution in [0, 0.1) is 5.92 Å². The molecular weight excluding hydrogens is 360 g/mol. The molecule has 144 valence electrons. The molecule has 3 rings (SSSR count). The summed E-state index contributed by atoms with van der Waals surface area (Å²) in [5, 5.41) is 2.87. The Bertz CT molecular complexity index is 881. The maximum Gasteiger partial charge on any atom is 0.251 e. The van der Waals surface area contributed by atoms with Gasteiger partial charge in [0.1, 0.15) is 0 Å². The van der Waals surface area contributed by atoms with Gasteiger partial charge in [0.25, 0.3) is 5.91 Å². The van der Waals surface area contributed by atoms with Crippen LogP contribution in [0.15, 0.2) is 59.5 Å². The van der Waals surface area contributed by atoms with Crippen LogP contribution >= 0.6 is 0 Å². The quantitative estimate of drug-likeness (QED) is 0.830. The van der Waals surface area contributed by atoms with E-state index in [0.29, 0.717) is 31.1 Å². The molecule has 1 fully saturated rings. The zero-order valence-electron chi connectivity index (χ0n) is 15.6. The molecule has 1 unspecified atom stereocenters. The lowest BCUT2D eigenvalue weighted by atomic mass is 10.0. The number of nitrogens with one attached hydrogen (secondary N) is 1. The summed E-state index contributed by atoms with van der Waals surface area (Å²) in [5.74, 6) is 0.105. The largest absolute Gasteiger partial charge is 0.352 e. The molecule has 0 spiro atoms. The SMILES string of the molecule is CC1CCCN(S(=O)(=O)c2cccc(C(=O)NCCc3ccccc3)c2)C1. The first-order valence-electron chi connectivity index (χ1n) is 9.39. The summed E-state index contributed by atoms with van der Waals surface area (Å²) in [6.45, 7) is 3.65. The Morgan fingerprint density at radius 2 is 1.93 bits per heavy atom. The zero-order valence-corrected chi connectivity index (χ0v) is 16.4. The summed E-state index contributed by atoms with van der Waals surface area (Å²) < 4.78 is 27.3. The molecule has 0 aromatic heterocycles. The smallest absolute Gasteiger partial charge is 0.251 e. The van der Waals surface area contributed by atoms with Gasteiger partial charge in [-0.05, 0) is 48.9 Å². The first kappa shape index (κ1) is 19.6. The zero-order chi connectivity index (χ0) is 19.3. The van der Waals surface area contributed by atoms with Gasteiger partial charge in [-0.15, -0.1) is 0 Å². The summed E-state index contributed by atoms with van der Waals surface area (Å²) >= 11 is 0. The number of hydrogen-bond acceptors (Lipinski definition) is 3. The Morgan fingerprint density at radius 1 is 1.15 bits per heavy atom. The number of amides is 1. The third-order valence-corrected chi connectivity index (χ3v) is 6.76. The maximum atomic E-state index is 12.9. The Morgan fingerprint density at radius 3 is 2.67 bits per heavy atom. The molecule has 2 aromatic carbocycles. The van der Waals surface area contributed by atoms with Crippen LogP contribution in [0.4, 0.5) is 0 Å². The van der Waals surface area contributed by atoms with Crippen LogP contribution in [0.5, 0.6) is 0 Å². The van der Waals surface area contributed by atoms with Gasteiger partial charge in [-0.25, -0.2) is 8.42 Å². The second kappa shape index (κ2) is 8.67. The van der Waals surface area contributed by atoms with Crippen molar-refractivity contribution in [2.24, 2.45) is 5.92 Å². The number of benzene rings is 2. The van der Waals surface area contributed by atoms with Gasteiger partial charge in [0, 0.05) is 25.2 Å². The van der Waals surface area contributed by atoms with Crippen molar-refractivity contribution >= 4 is 15.9 Å². The van der Waals surface area contributed by atoms with Crippen molar-refractivity contribution in [1.82, 2.24) is 9.62 Å². The Kier molecular flexibility index (Phi) is 6.29. The fourth-order valence-corrected chi connectivity index (χ4v) is 5.02. The molecule has 27 heavy (non-hydrogen) atoms. The van der Waals surface area contributed by atoms with Crippen molar-refractivity contribution in [2.75, 3.05) is 19.6 Å². The first-order valence-corrected chi connectivity index (χ1v) is 10.8. The lowest BCUT2D eigenvalue weighted by Gasteiger charge is -2.30. The van der Waals surface area contributed by atoms with Crippen LogP contribution in [0.2, 0.25) is 0 Å². The van der Waals surface area contributed by atoms with Crippen molar-refractivity contribution in [2.45, 2.75) is 31.1 Å². The molecule has 1 heterocycles. The van der Waals surface area contributed by atoms with Gasteiger partial charge in [-0.2, -0.15) is 4.31 Å². The van der Waals surface area contributed by atoms with E-state index in [1.54, 1.807) is 18.2 Å². The molecule has 2 aromatic rings. The fraction of sp³-hybridized carbons (Fsp3) is 0.381. The Hall–Kier alpha value is -2.18. The second-order valence-electron chi connectivity index (χ2n) is 7.13. The summed E-state index contributed by atoms with van der Waals surface area (Å²) in [7, 11) is -3.56. The molecule has 0 aliphatic carbocycles. The average Bonchev–Trinajstić information content (AvgIpc) is 2.69. The number of rotatable bonds is 6. The normalized spacial score (nSPS) is 18.2. The van der Waals surface area contributed by atoms with E-state index in [1.165, 1.54) is 10.4 Å². The topological polar surface area (TPSA) is 66.5 Å². The molecule has 5 nitrogen and oxygen atoms in total. The molecule has 1 atom stereocenters. The van der Waals surface area contributed by atoms with Crippen molar-refractivity contribution in [3.05, 3.63) is 65.7 Å².